The molecule has 0 saturated carbocycles. The van der Waals surface area contributed by atoms with E-state index >= 15 is 0 Å². The van der Waals surface area contributed by atoms with Crippen LogP contribution in [-0.4, -0.2) is 48.2 Å². The average Bonchev–Trinajstić information content (AvgIpc) is 3.02. The molecule has 2 aromatic rings. The lowest BCUT2D eigenvalue weighted by atomic mass is 9.97. The molecule has 0 aromatic heterocycles. The minimum Gasteiger partial charge on any atom is -0.496 e. The minimum absolute atomic E-state index is 0.258. The number of amides is 2. The molecule has 30 heavy (non-hydrogen) atoms. The number of carbonyl (C=O) groups is 4. The summed E-state index contributed by atoms with van der Waals surface area (Å²) in [5.74, 6) is -2.27. The number of fused-ring (bicyclic) bond motifs is 1. The summed E-state index contributed by atoms with van der Waals surface area (Å²) in [5.41, 5.74) is 0.802. The molecule has 7 heteroatoms. The van der Waals surface area contributed by atoms with Crippen molar-refractivity contribution in [1.29, 1.82) is 0 Å². The van der Waals surface area contributed by atoms with Gasteiger partial charge < -0.3 is 9.47 Å². The maximum Gasteiger partial charge on any atom is 0.330 e. The number of ketones is 1. The highest BCUT2D eigenvalue weighted by Gasteiger charge is 2.45. The summed E-state index contributed by atoms with van der Waals surface area (Å²) in [6.07, 6.45) is 0.535. The number of Topliss-reactive ketones (excluding diaryl/α,β-unsaturated/α-hetero) is 1. The van der Waals surface area contributed by atoms with Crippen molar-refractivity contribution in [1.82, 2.24) is 4.90 Å². The number of hydrogen-bond donors (Lipinski definition) is 0. The second-order valence-electron chi connectivity index (χ2n) is 7.09. The maximum atomic E-state index is 12.9. The molecular formula is C23H23NO6. The summed E-state index contributed by atoms with van der Waals surface area (Å²) in [7, 11) is 1.44. The molecule has 2 atom stereocenters. The van der Waals surface area contributed by atoms with E-state index in [9.17, 15) is 19.2 Å². The summed E-state index contributed by atoms with van der Waals surface area (Å²) >= 11 is 0. The minimum atomic E-state index is -1.12. The van der Waals surface area contributed by atoms with E-state index < -0.39 is 36.2 Å². The van der Waals surface area contributed by atoms with Gasteiger partial charge in [0.1, 0.15) is 11.8 Å². The number of hydrogen-bond acceptors (Lipinski definition) is 6. The Labute approximate surface area is 174 Å². The van der Waals surface area contributed by atoms with Crippen molar-refractivity contribution < 1.29 is 28.7 Å². The Bertz CT molecular complexity index is 964. The molecule has 1 heterocycles. The topological polar surface area (TPSA) is 90.0 Å². The van der Waals surface area contributed by atoms with Crippen LogP contribution in [0.1, 0.15) is 51.3 Å². The molecule has 2 aromatic carbocycles. The Morgan fingerprint density at radius 2 is 1.53 bits per heavy atom. The first-order valence-electron chi connectivity index (χ1n) is 9.70. The predicted octanol–water partition coefficient (Wildman–Crippen LogP) is 3.13. The van der Waals surface area contributed by atoms with Gasteiger partial charge in [-0.15, -0.1) is 0 Å². The quantitative estimate of drug-likeness (QED) is 0.378. The van der Waals surface area contributed by atoms with E-state index in [0.717, 1.165) is 4.90 Å². The zero-order chi connectivity index (χ0) is 21.8. The van der Waals surface area contributed by atoms with E-state index in [1.54, 1.807) is 55.5 Å². The van der Waals surface area contributed by atoms with Crippen LogP contribution < -0.4 is 4.74 Å². The van der Waals surface area contributed by atoms with Crippen LogP contribution in [0.3, 0.4) is 0 Å². The fourth-order valence-corrected chi connectivity index (χ4v) is 3.45. The number of ether oxygens (including phenoxy) is 2. The van der Waals surface area contributed by atoms with Gasteiger partial charge >= 0.3 is 5.97 Å². The molecule has 0 N–H and O–H groups in total. The van der Waals surface area contributed by atoms with Gasteiger partial charge in [0.15, 0.2) is 6.61 Å². The van der Waals surface area contributed by atoms with E-state index in [0.29, 0.717) is 12.2 Å². The van der Waals surface area contributed by atoms with Crippen LogP contribution in [0, 0.1) is 5.92 Å². The zero-order valence-electron chi connectivity index (χ0n) is 17.1. The fourth-order valence-electron chi connectivity index (χ4n) is 3.45. The number of imide groups is 1. The third-order valence-corrected chi connectivity index (χ3v) is 5.28. The van der Waals surface area contributed by atoms with E-state index in [-0.39, 0.29) is 22.6 Å². The number of esters is 1. The summed E-state index contributed by atoms with van der Waals surface area (Å²) in [6, 6.07) is 11.9. The largest absolute Gasteiger partial charge is 0.496 e. The van der Waals surface area contributed by atoms with Crippen LogP contribution in [0.2, 0.25) is 0 Å². The van der Waals surface area contributed by atoms with Crippen molar-refractivity contribution in [2.45, 2.75) is 26.3 Å². The molecule has 2 amide bonds. The molecule has 0 bridgehead atoms. The molecule has 0 saturated heterocycles. The van der Waals surface area contributed by atoms with Crippen molar-refractivity contribution in [2.24, 2.45) is 5.92 Å². The molecule has 0 fully saturated rings. The van der Waals surface area contributed by atoms with Crippen LogP contribution >= 0.6 is 0 Å². The molecule has 3 rings (SSSR count). The molecule has 156 valence electrons. The number of rotatable bonds is 8. The van der Waals surface area contributed by atoms with E-state index in [2.05, 4.69) is 0 Å². The number of carbonyl (C=O) groups excluding carboxylic acids is 4. The highest BCUT2D eigenvalue weighted by Crippen LogP contribution is 2.29. The lowest BCUT2D eigenvalue weighted by Gasteiger charge is -2.28. The molecule has 0 aliphatic carbocycles. The summed E-state index contributed by atoms with van der Waals surface area (Å²) in [6.45, 7) is 3.09. The Morgan fingerprint density at radius 3 is 2.10 bits per heavy atom. The van der Waals surface area contributed by atoms with Gasteiger partial charge in [-0.05, 0) is 30.2 Å². The Kier molecular flexibility index (Phi) is 6.30. The van der Waals surface area contributed by atoms with Gasteiger partial charge in [-0.25, -0.2) is 4.79 Å². The molecule has 1 aliphatic rings. The number of para-hydroxylation sites is 1. The monoisotopic (exact) mass is 409 g/mol. The lowest BCUT2D eigenvalue weighted by molar-refractivity contribution is -0.149. The number of nitrogens with zero attached hydrogens (tertiary/aromatic N) is 1. The van der Waals surface area contributed by atoms with Crippen LogP contribution in [0.25, 0.3) is 0 Å². The first-order valence-corrected chi connectivity index (χ1v) is 9.70. The van der Waals surface area contributed by atoms with Gasteiger partial charge in [0.25, 0.3) is 11.8 Å². The van der Waals surface area contributed by atoms with Crippen LogP contribution in [0.4, 0.5) is 0 Å². The summed E-state index contributed by atoms with van der Waals surface area (Å²) < 4.78 is 10.4. The second kappa shape index (κ2) is 8.90. The maximum absolute atomic E-state index is 12.9. The first-order chi connectivity index (χ1) is 14.4. The van der Waals surface area contributed by atoms with E-state index in [4.69, 9.17) is 9.47 Å². The van der Waals surface area contributed by atoms with Crippen molar-refractivity contribution in [3.8, 4) is 5.75 Å². The third-order valence-electron chi connectivity index (χ3n) is 5.28. The van der Waals surface area contributed by atoms with Crippen molar-refractivity contribution in [2.75, 3.05) is 13.7 Å². The number of benzene rings is 2. The SMILES string of the molecule is CC[C@H](C)[C@@H](C(=O)OCC(=O)c1ccccc1OC)N1C(=O)c2ccccc2C1=O. The van der Waals surface area contributed by atoms with Crippen molar-refractivity contribution in [3.05, 3.63) is 65.2 Å². The Balaban J connectivity index is 1.80. The highest BCUT2D eigenvalue weighted by molar-refractivity contribution is 6.22. The van der Waals surface area contributed by atoms with Gasteiger partial charge in [0.05, 0.1) is 23.8 Å². The molecule has 0 unspecified atom stereocenters. The smallest absolute Gasteiger partial charge is 0.330 e. The lowest BCUT2D eigenvalue weighted by Crippen LogP contribution is -2.49. The molecule has 0 spiro atoms. The fraction of sp³-hybridized carbons (Fsp3) is 0.304. The van der Waals surface area contributed by atoms with Gasteiger partial charge in [0, 0.05) is 0 Å². The van der Waals surface area contributed by atoms with Gasteiger partial charge in [-0.2, -0.15) is 0 Å². The molecular weight excluding hydrogens is 386 g/mol. The van der Waals surface area contributed by atoms with Gasteiger partial charge in [0.2, 0.25) is 5.78 Å². The molecule has 0 radical (unpaired) electrons. The van der Waals surface area contributed by atoms with Crippen LogP contribution in [0.15, 0.2) is 48.5 Å². The zero-order valence-corrected chi connectivity index (χ0v) is 17.1. The molecule has 1 aliphatic heterocycles. The van der Waals surface area contributed by atoms with Crippen LogP contribution in [-0.2, 0) is 9.53 Å². The predicted molar refractivity (Wildman–Crippen MR) is 108 cm³/mol. The third kappa shape index (κ3) is 3.83. The van der Waals surface area contributed by atoms with Crippen LogP contribution in [0.5, 0.6) is 5.75 Å². The Hall–Kier alpha value is -3.48. The normalized spacial score (nSPS) is 14.8. The summed E-state index contributed by atoms with van der Waals surface area (Å²) in [5, 5.41) is 0. The van der Waals surface area contributed by atoms with Gasteiger partial charge in [-0.3, -0.25) is 19.3 Å². The molecule has 7 nitrogen and oxygen atoms in total. The van der Waals surface area contributed by atoms with E-state index in [1.807, 2.05) is 6.92 Å². The number of methoxy groups -OCH3 is 1. The first kappa shape index (κ1) is 21.2. The Morgan fingerprint density at radius 1 is 0.967 bits per heavy atom. The van der Waals surface area contributed by atoms with Gasteiger partial charge in [-0.1, -0.05) is 44.5 Å². The summed E-state index contributed by atoms with van der Waals surface area (Å²) in [4.78, 5) is 52.0. The second-order valence-corrected chi connectivity index (χ2v) is 7.09. The van der Waals surface area contributed by atoms with E-state index in [1.165, 1.54) is 7.11 Å². The average molecular weight is 409 g/mol. The highest BCUT2D eigenvalue weighted by atomic mass is 16.5. The van der Waals surface area contributed by atoms with Crippen molar-refractivity contribution >= 4 is 23.6 Å². The van der Waals surface area contributed by atoms with Crippen molar-refractivity contribution in [3.63, 3.8) is 0 Å². The standard InChI is InChI=1S/C23H23NO6/c1-4-14(2)20(24-21(26)15-9-5-6-10-16(15)22(24)27)23(28)30-13-18(25)17-11-7-8-12-19(17)29-3/h5-12,14,20H,4,13H2,1-3H3/t14-,20-/m0/s1.